The van der Waals surface area contributed by atoms with Gasteiger partial charge in [-0.3, -0.25) is 4.79 Å². The van der Waals surface area contributed by atoms with Crippen LogP contribution >= 0.6 is 11.3 Å². The Bertz CT molecular complexity index is 344. The molecule has 0 bridgehead atoms. The number of aryl methyl sites for hydroxylation is 1. The quantitative estimate of drug-likeness (QED) is 0.841. The summed E-state index contributed by atoms with van der Waals surface area (Å²) in [4.78, 5) is 15.1. The van der Waals surface area contributed by atoms with Crippen LogP contribution in [0.15, 0.2) is 5.38 Å². The van der Waals surface area contributed by atoms with E-state index in [2.05, 4.69) is 11.9 Å². The largest absolute Gasteiger partial charge is 0.481 e. The number of carboxylic acid groups (broad SMARTS) is 1. The van der Waals surface area contributed by atoms with Gasteiger partial charge in [0.2, 0.25) is 0 Å². The molecule has 1 aromatic heterocycles. The molecule has 1 heterocycles. The molecule has 0 atom stereocenters. The third-order valence-electron chi connectivity index (χ3n) is 2.22. The molecule has 4 heteroatoms. The third kappa shape index (κ3) is 4.00. The second-order valence-corrected chi connectivity index (χ2v) is 5.44. The van der Waals surface area contributed by atoms with Crippen molar-refractivity contribution >= 4 is 17.3 Å². The monoisotopic (exact) mass is 227 g/mol. The zero-order valence-electron chi connectivity index (χ0n) is 9.41. The number of carbonyl (C=O) groups is 1. The lowest BCUT2D eigenvalue weighted by molar-refractivity contribution is -0.139. The highest BCUT2D eigenvalue weighted by atomic mass is 32.1. The van der Waals surface area contributed by atoms with Crippen molar-refractivity contribution in [2.75, 3.05) is 0 Å². The van der Waals surface area contributed by atoms with Gasteiger partial charge in [0.25, 0.3) is 0 Å². The molecule has 0 unspecified atom stereocenters. The second-order valence-electron chi connectivity index (χ2n) is 4.50. The maximum Gasteiger partial charge on any atom is 0.303 e. The highest BCUT2D eigenvalue weighted by molar-refractivity contribution is 7.09. The molecule has 0 saturated carbocycles. The van der Waals surface area contributed by atoms with Gasteiger partial charge in [-0.05, 0) is 11.8 Å². The Morgan fingerprint density at radius 2 is 2.27 bits per heavy atom. The highest BCUT2D eigenvalue weighted by Crippen LogP contribution is 2.27. The first kappa shape index (κ1) is 12.2. The van der Waals surface area contributed by atoms with E-state index in [-0.39, 0.29) is 11.8 Å². The van der Waals surface area contributed by atoms with Crippen LogP contribution in [0.1, 0.15) is 37.9 Å². The first-order valence-corrected chi connectivity index (χ1v) is 5.96. The van der Waals surface area contributed by atoms with Gasteiger partial charge in [0.05, 0.1) is 17.1 Å². The number of hydrogen-bond acceptors (Lipinski definition) is 3. The summed E-state index contributed by atoms with van der Waals surface area (Å²) in [7, 11) is 0. The number of thiazole rings is 1. The first-order chi connectivity index (χ1) is 6.93. The molecule has 0 aromatic carbocycles. The zero-order valence-corrected chi connectivity index (χ0v) is 10.2. The summed E-state index contributed by atoms with van der Waals surface area (Å²) < 4.78 is 0. The van der Waals surface area contributed by atoms with Crippen molar-refractivity contribution in [3.63, 3.8) is 0 Å². The molecular weight excluding hydrogens is 210 g/mol. The van der Waals surface area contributed by atoms with Gasteiger partial charge in [0, 0.05) is 11.8 Å². The van der Waals surface area contributed by atoms with Crippen molar-refractivity contribution in [2.45, 2.75) is 40.0 Å². The van der Waals surface area contributed by atoms with E-state index in [4.69, 9.17) is 5.11 Å². The molecule has 0 aliphatic heterocycles. The van der Waals surface area contributed by atoms with Gasteiger partial charge < -0.3 is 5.11 Å². The van der Waals surface area contributed by atoms with Gasteiger partial charge in [-0.1, -0.05) is 20.8 Å². The SMILES string of the molecule is CCc1csc(CC(C)(C)CC(=O)O)n1. The summed E-state index contributed by atoms with van der Waals surface area (Å²) >= 11 is 1.62. The van der Waals surface area contributed by atoms with Crippen LogP contribution in [0.2, 0.25) is 0 Å². The lowest BCUT2D eigenvalue weighted by Crippen LogP contribution is -2.19. The predicted molar refractivity (Wildman–Crippen MR) is 61.2 cm³/mol. The Labute approximate surface area is 94.2 Å². The van der Waals surface area contributed by atoms with E-state index < -0.39 is 5.97 Å². The van der Waals surface area contributed by atoms with Gasteiger partial charge in [-0.15, -0.1) is 11.3 Å². The van der Waals surface area contributed by atoms with Gasteiger partial charge in [0.1, 0.15) is 0 Å². The van der Waals surface area contributed by atoms with E-state index in [0.717, 1.165) is 23.5 Å². The van der Waals surface area contributed by atoms with Gasteiger partial charge in [-0.25, -0.2) is 4.98 Å². The fraction of sp³-hybridized carbons (Fsp3) is 0.636. The van der Waals surface area contributed by atoms with E-state index in [1.807, 2.05) is 19.2 Å². The summed E-state index contributed by atoms with van der Waals surface area (Å²) in [5.74, 6) is -0.743. The van der Waals surface area contributed by atoms with E-state index in [1.165, 1.54) is 0 Å². The fourth-order valence-corrected chi connectivity index (χ4v) is 2.61. The van der Waals surface area contributed by atoms with E-state index >= 15 is 0 Å². The molecule has 84 valence electrons. The summed E-state index contributed by atoms with van der Waals surface area (Å²) in [5.41, 5.74) is 0.885. The minimum atomic E-state index is -0.743. The lowest BCUT2D eigenvalue weighted by Gasteiger charge is -2.20. The molecule has 0 saturated heterocycles. The Balaban J connectivity index is 2.63. The number of carboxylic acids is 1. The number of aliphatic carboxylic acids is 1. The summed E-state index contributed by atoms with van der Waals surface area (Å²) in [6.45, 7) is 6.00. The smallest absolute Gasteiger partial charge is 0.303 e. The van der Waals surface area contributed by atoms with Crippen LogP contribution in [0, 0.1) is 5.41 Å². The maximum atomic E-state index is 10.6. The van der Waals surface area contributed by atoms with Crippen molar-refractivity contribution in [1.29, 1.82) is 0 Å². The lowest BCUT2D eigenvalue weighted by atomic mass is 9.86. The molecule has 1 N–H and O–H groups in total. The van der Waals surface area contributed by atoms with Crippen molar-refractivity contribution in [2.24, 2.45) is 5.41 Å². The Kier molecular flexibility index (Phi) is 3.85. The molecule has 0 amide bonds. The molecule has 0 radical (unpaired) electrons. The topological polar surface area (TPSA) is 50.2 Å². The van der Waals surface area contributed by atoms with Crippen LogP contribution in [0.3, 0.4) is 0 Å². The summed E-state index contributed by atoms with van der Waals surface area (Å²) in [5, 5.41) is 11.8. The normalized spacial score (nSPS) is 11.7. The molecule has 1 aromatic rings. The minimum absolute atomic E-state index is 0.189. The maximum absolute atomic E-state index is 10.6. The predicted octanol–water partition coefficient (Wildman–Crippen LogP) is 2.75. The van der Waals surface area contributed by atoms with Crippen molar-refractivity contribution in [3.8, 4) is 0 Å². The molecule has 15 heavy (non-hydrogen) atoms. The van der Waals surface area contributed by atoms with Gasteiger partial charge in [0.15, 0.2) is 0 Å². The average Bonchev–Trinajstić information content (AvgIpc) is 2.48. The molecule has 1 rings (SSSR count). The van der Waals surface area contributed by atoms with E-state index in [1.54, 1.807) is 11.3 Å². The molecular formula is C11H17NO2S. The molecule has 0 aliphatic rings. The van der Waals surface area contributed by atoms with Crippen molar-refractivity contribution in [1.82, 2.24) is 4.98 Å². The Morgan fingerprint density at radius 3 is 2.73 bits per heavy atom. The number of rotatable bonds is 5. The molecule has 0 fully saturated rings. The zero-order chi connectivity index (χ0) is 11.5. The number of aromatic nitrogens is 1. The molecule has 0 spiro atoms. The van der Waals surface area contributed by atoms with Gasteiger partial charge >= 0.3 is 5.97 Å². The van der Waals surface area contributed by atoms with E-state index in [9.17, 15) is 4.79 Å². The average molecular weight is 227 g/mol. The third-order valence-corrected chi connectivity index (χ3v) is 3.12. The molecule has 0 aliphatic carbocycles. The van der Waals surface area contributed by atoms with Crippen LogP contribution in [0.4, 0.5) is 0 Å². The first-order valence-electron chi connectivity index (χ1n) is 5.08. The van der Waals surface area contributed by atoms with Crippen LogP contribution in [0.25, 0.3) is 0 Å². The van der Waals surface area contributed by atoms with Crippen molar-refractivity contribution < 1.29 is 9.90 Å². The second kappa shape index (κ2) is 4.75. The standard InChI is InChI=1S/C11H17NO2S/c1-4-8-7-15-9(12-8)5-11(2,3)6-10(13)14/h7H,4-6H2,1-3H3,(H,13,14). The van der Waals surface area contributed by atoms with E-state index in [0.29, 0.717) is 0 Å². The summed E-state index contributed by atoms with van der Waals surface area (Å²) in [6.07, 6.45) is 1.87. The van der Waals surface area contributed by atoms with Gasteiger partial charge in [-0.2, -0.15) is 0 Å². The number of nitrogens with zero attached hydrogens (tertiary/aromatic N) is 1. The highest BCUT2D eigenvalue weighted by Gasteiger charge is 2.23. The number of hydrogen-bond donors (Lipinski definition) is 1. The van der Waals surface area contributed by atoms with Crippen LogP contribution in [-0.4, -0.2) is 16.1 Å². The van der Waals surface area contributed by atoms with Crippen LogP contribution < -0.4 is 0 Å². The Morgan fingerprint density at radius 1 is 1.60 bits per heavy atom. The Hall–Kier alpha value is -0.900. The van der Waals surface area contributed by atoms with Crippen LogP contribution in [0.5, 0.6) is 0 Å². The van der Waals surface area contributed by atoms with Crippen molar-refractivity contribution in [3.05, 3.63) is 16.1 Å². The molecule has 3 nitrogen and oxygen atoms in total. The summed E-state index contributed by atoms with van der Waals surface area (Å²) in [6, 6.07) is 0. The fourth-order valence-electron chi connectivity index (χ4n) is 1.47. The minimum Gasteiger partial charge on any atom is -0.481 e. The van der Waals surface area contributed by atoms with Crippen LogP contribution in [-0.2, 0) is 17.6 Å².